The molecular formula is C20H19NO5. The lowest BCUT2D eigenvalue weighted by Gasteiger charge is -2.06. The number of hydrogen-bond acceptors (Lipinski definition) is 5. The molecule has 0 saturated heterocycles. The molecule has 0 spiro atoms. The maximum absolute atomic E-state index is 12.4. The van der Waals surface area contributed by atoms with E-state index in [1.54, 1.807) is 63.4 Å². The molecule has 6 heteroatoms. The molecule has 0 bridgehead atoms. The van der Waals surface area contributed by atoms with E-state index in [0.717, 1.165) is 5.39 Å². The van der Waals surface area contributed by atoms with Crippen LogP contribution in [0.15, 0.2) is 46.9 Å². The Bertz CT molecular complexity index is 956. The Morgan fingerprint density at radius 3 is 2.50 bits per heavy atom. The number of methoxy groups -OCH3 is 1. The van der Waals surface area contributed by atoms with E-state index in [1.165, 1.54) is 0 Å². The first kappa shape index (κ1) is 17.5. The SMILES string of the molecule is CCOC(=O)c1oc2ccc(NC(=O)c3ccc(OC)cc3)cc2c1C. The number of furan rings is 1. The molecular weight excluding hydrogens is 334 g/mol. The van der Waals surface area contributed by atoms with Crippen LogP contribution < -0.4 is 10.1 Å². The molecule has 26 heavy (non-hydrogen) atoms. The largest absolute Gasteiger partial charge is 0.497 e. The second-order valence-electron chi connectivity index (χ2n) is 5.67. The fourth-order valence-electron chi connectivity index (χ4n) is 2.64. The average molecular weight is 353 g/mol. The summed E-state index contributed by atoms with van der Waals surface area (Å²) in [6.45, 7) is 3.80. The first-order chi connectivity index (χ1) is 12.5. The third-order valence-electron chi connectivity index (χ3n) is 4.01. The van der Waals surface area contributed by atoms with E-state index in [2.05, 4.69) is 5.32 Å². The summed E-state index contributed by atoms with van der Waals surface area (Å²) in [7, 11) is 1.57. The normalized spacial score (nSPS) is 10.6. The summed E-state index contributed by atoms with van der Waals surface area (Å²) in [5.41, 5.74) is 2.37. The first-order valence-electron chi connectivity index (χ1n) is 8.19. The van der Waals surface area contributed by atoms with Gasteiger partial charge in [0.05, 0.1) is 13.7 Å². The molecule has 0 unspecified atom stereocenters. The van der Waals surface area contributed by atoms with Crippen LogP contribution in [-0.2, 0) is 4.74 Å². The highest BCUT2D eigenvalue weighted by atomic mass is 16.5. The highest BCUT2D eigenvalue weighted by molar-refractivity contribution is 6.05. The number of esters is 1. The minimum atomic E-state index is -0.495. The predicted molar refractivity (Wildman–Crippen MR) is 97.9 cm³/mol. The minimum Gasteiger partial charge on any atom is -0.497 e. The van der Waals surface area contributed by atoms with Crippen molar-refractivity contribution in [2.75, 3.05) is 19.0 Å². The number of rotatable bonds is 5. The average Bonchev–Trinajstić information content (AvgIpc) is 2.98. The van der Waals surface area contributed by atoms with Crippen molar-refractivity contribution >= 4 is 28.5 Å². The fourth-order valence-corrected chi connectivity index (χ4v) is 2.64. The quantitative estimate of drug-likeness (QED) is 0.696. The molecule has 2 aromatic carbocycles. The van der Waals surface area contributed by atoms with Gasteiger partial charge in [0.15, 0.2) is 0 Å². The molecule has 1 aromatic heterocycles. The zero-order chi connectivity index (χ0) is 18.7. The van der Waals surface area contributed by atoms with Gasteiger partial charge in [-0.05, 0) is 56.3 Å². The summed E-state index contributed by atoms with van der Waals surface area (Å²) in [6.07, 6.45) is 0. The number of ether oxygens (including phenoxy) is 2. The molecule has 0 atom stereocenters. The van der Waals surface area contributed by atoms with Crippen LogP contribution >= 0.6 is 0 Å². The van der Waals surface area contributed by atoms with E-state index in [0.29, 0.717) is 28.1 Å². The van der Waals surface area contributed by atoms with Gasteiger partial charge in [0, 0.05) is 22.2 Å². The van der Waals surface area contributed by atoms with E-state index in [-0.39, 0.29) is 18.3 Å². The Kier molecular flexibility index (Phi) is 4.93. The Hall–Kier alpha value is -3.28. The number of anilines is 1. The molecule has 0 aliphatic heterocycles. The lowest BCUT2D eigenvalue weighted by molar-refractivity contribution is 0.0491. The number of carbonyl (C=O) groups excluding carboxylic acids is 2. The van der Waals surface area contributed by atoms with Crippen molar-refractivity contribution in [1.82, 2.24) is 0 Å². The van der Waals surface area contributed by atoms with E-state index >= 15 is 0 Å². The van der Waals surface area contributed by atoms with Crippen molar-refractivity contribution in [1.29, 1.82) is 0 Å². The fraction of sp³-hybridized carbons (Fsp3) is 0.200. The molecule has 6 nitrogen and oxygen atoms in total. The second kappa shape index (κ2) is 7.31. The van der Waals surface area contributed by atoms with Crippen molar-refractivity contribution in [2.24, 2.45) is 0 Å². The van der Waals surface area contributed by atoms with Crippen molar-refractivity contribution < 1.29 is 23.5 Å². The smallest absolute Gasteiger partial charge is 0.374 e. The summed E-state index contributed by atoms with van der Waals surface area (Å²) < 4.78 is 15.7. The monoisotopic (exact) mass is 353 g/mol. The third-order valence-corrected chi connectivity index (χ3v) is 4.01. The Balaban J connectivity index is 1.85. The van der Waals surface area contributed by atoms with Gasteiger partial charge in [-0.1, -0.05) is 0 Å². The summed E-state index contributed by atoms with van der Waals surface area (Å²) in [5, 5.41) is 3.59. The number of fused-ring (bicyclic) bond motifs is 1. The van der Waals surface area contributed by atoms with Crippen LogP contribution in [0.1, 0.15) is 33.4 Å². The summed E-state index contributed by atoms with van der Waals surface area (Å²) in [5.74, 6) is 0.132. The van der Waals surface area contributed by atoms with Crippen molar-refractivity contribution in [3.63, 3.8) is 0 Å². The van der Waals surface area contributed by atoms with Crippen LogP contribution in [0.25, 0.3) is 11.0 Å². The maximum Gasteiger partial charge on any atom is 0.374 e. The molecule has 3 aromatic rings. The summed E-state index contributed by atoms with van der Waals surface area (Å²) >= 11 is 0. The number of aryl methyl sites for hydroxylation is 1. The first-order valence-corrected chi connectivity index (χ1v) is 8.19. The van der Waals surface area contributed by atoms with Crippen LogP contribution in [0, 0.1) is 6.92 Å². The van der Waals surface area contributed by atoms with E-state index in [9.17, 15) is 9.59 Å². The number of carbonyl (C=O) groups is 2. The van der Waals surface area contributed by atoms with Gasteiger partial charge in [0.1, 0.15) is 11.3 Å². The third kappa shape index (κ3) is 3.39. The second-order valence-corrected chi connectivity index (χ2v) is 5.67. The van der Waals surface area contributed by atoms with Crippen LogP contribution in [0.5, 0.6) is 5.75 Å². The van der Waals surface area contributed by atoms with Crippen LogP contribution in [0.4, 0.5) is 5.69 Å². The van der Waals surface area contributed by atoms with Crippen LogP contribution in [-0.4, -0.2) is 25.6 Å². The van der Waals surface area contributed by atoms with Gasteiger partial charge in [0.25, 0.3) is 5.91 Å². The Morgan fingerprint density at radius 1 is 1.12 bits per heavy atom. The van der Waals surface area contributed by atoms with Gasteiger partial charge in [-0.25, -0.2) is 4.79 Å². The lowest BCUT2D eigenvalue weighted by atomic mass is 10.1. The predicted octanol–water partition coefficient (Wildman–Crippen LogP) is 4.18. The van der Waals surface area contributed by atoms with Gasteiger partial charge < -0.3 is 19.2 Å². The zero-order valence-electron chi connectivity index (χ0n) is 14.8. The molecule has 1 N–H and O–H groups in total. The maximum atomic E-state index is 12.4. The molecule has 3 rings (SSSR count). The molecule has 0 fully saturated rings. The van der Waals surface area contributed by atoms with Gasteiger partial charge in [-0.15, -0.1) is 0 Å². The summed E-state index contributed by atoms with van der Waals surface area (Å²) in [4.78, 5) is 24.3. The molecule has 134 valence electrons. The topological polar surface area (TPSA) is 77.8 Å². The van der Waals surface area contributed by atoms with Gasteiger partial charge in [0.2, 0.25) is 5.76 Å². The van der Waals surface area contributed by atoms with E-state index in [1.807, 2.05) is 0 Å². The van der Waals surface area contributed by atoms with Crippen molar-refractivity contribution in [3.05, 3.63) is 59.4 Å². The summed E-state index contributed by atoms with van der Waals surface area (Å²) in [6, 6.07) is 12.0. The highest BCUT2D eigenvalue weighted by Crippen LogP contribution is 2.28. The Morgan fingerprint density at radius 2 is 1.85 bits per heavy atom. The van der Waals surface area contributed by atoms with Gasteiger partial charge >= 0.3 is 5.97 Å². The van der Waals surface area contributed by atoms with Crippen molar-refractivity contribution in [2.45, 2.75) is 13.8 Å². The number of amides is 1. The zero-order valence-corrected chi connectivity index (χ0v) is 14.8. The molecule has 1 amide bonds. The van der Waals surface area contributed by atoms with Crippen LogP contribution in [0.2, 0.25) is 0 Å². The highest BCUT2D eigenvalue weighted by Gasteiger charge is 2.19. The number of hydrogen-bond donors (Lipinski definition) is 1. The molecule has 0 aliphatic rings. The molecule has 0 radical (unpaired) electrons. The number of benzene rings is 2. The molecule has 0 saturated carbocycles. The molecule has 1 heterocycles. The van der Waals surface area contributed by atoms with E-state index < -0.39 is 5.97 Å². The Labute approximate surface area is 150 Å². The minimum absolute atomic E-state index is 0.181. The van der Waals surface area contributed by atoms with E-state index in [4.69, 9.17) is 13.9 Å². The standard InChI is InChI=1S/C20H19NO5/c1-4-25-20(23)18-12(2)16-11-14(7-10-17(16)26-18)21-19(22)13-5-8-15(24-3)9-6-13/h5-11H,4H2,1-3H3,(H,21,22). The number of nitrogens with one attached hydrogen (secondary N) is 1. The lowest BCUT2D eigenvalue weighted by Crippen LogP contribution is -2.11. The van der Waals surface area contributed by atoms with Gasteiger partial charge in [-0.2, -0.15) is 0 Å². The van der Waals surface area contributed by atoms with Gasteiger partial charge in [-0.3, -0.25) is 4.79 Å². The van der Waals surface area contributed by atoms with Crippen LogP contribution in [0.3, 0.4) is 0 Å². The van der Waals surface area contributed by atoms with Crippen molar-refractivity contribution in [3.8, 4) is 5.75 Å². The molecule has 0 aliphatic carbocycles.